The van der Waals surface area contributed by atoms with E-state index in [1.54, 1.807) is 29.8 Å². The average molecular weight is 373 g/mol. The molecular formula is C17H19N5O3S. The Morgan fingerprint density at radius 2 is 1.77 bits per heavy atom. The molecule has 0 aliphatic carbocycles. The third-order valence-electron chi connectivity index (χ3n) is 3.92. The van der Waals surface area contributed by atoms with Crippen LogP contribution in [0.3, 0.4) is 0 Å². The molecule has 1 aromatic carbocycles. The molecule has 0 amide bonds. The third-order valence-corrected chi connectivity index (χ3v) is 5.75. The van der Waals surface area contributed by atoms with E-state index in [1.807, 2.05) is 13.0 Å². The molecule has 9 heteroatoms. The zero-order chi connectivity index (χ0) is 19.1. The Labute approximate surface area is 151 Å². The van der Waals surface area contributed by atoms with E-state index in [-0.39, 0.29) is 16.5 Å². The molecule has 0 aliphatic heterocycles. The van der Waals surface area contributed by atoms with Gasteiger partial charge >= 0.3 is 0 Å². The summed E-state index contributed by atoms with van der Waals surface area (Å²) in [5, 5.41) is 4.17. The summed E-state index contributed by atoms with van der Waals surface area (Å²) in [6, 6.07) is 8.18. The van der Waals surface area contributed by atoms with E-state index in [9.17, 15) is 13.2 Å². The minimum absolute atomic E-state index is 0.199. The molecule has 0 radical (unpaired) electrons. The van der Waals surface area contributed by atoms with E-state index < -0.39 is 10.0 Å². The van der Waals surface area contributed by atoms with Gasteiger partial charge in [-0.25, -0.2) is 17.7 Å². The van der Waals surface area contributed by atoms with E-state index in [0.29, 0.717) is 5.69 Å². The maximum Gasteiger partial charge on any atom is 0.298 e. The summed E-state index contributed by atoms with van der Waals surface area (Å²) in [4.78, 5) is 16.9. The van der Waals surface area contributed by atoms with E-state index in [0.717, 1.165) is 15.7 Å². The Kier molecular flexibility index (Phi) is 4.51. The van der Waals surface area contributed by atoms with Crippen LogP contribution in [-0.2, 0) is 10.0 Å². The lowest BCUT2D eigenvalue weighted by Gasteiger charge is -2.11. The highest BCUT2D eigenvalue weighted by atomic mass is 32.2. The normalized spacial score (nSPS) is 11.9. The predicted molar refractivity (Wildman–Crippen MR) is 95.9 cm³/mol. The summed E-state index contributed by atoms with van der Waals surface area (Å²) in [5.41, 5.74) is 2.44. The summed E-state index contributed by atoms with van der Waals surface area (Å²) >= 11 is 0. The van der Waals surface area contributed by atoms with Crippen molar-refractivity contribution in [3.05, 3.63) is 59.9 Å². The number of rotatable bonds is 4. The number of carbonyl (C=O) groups excluding carboxylic acids is 1. The van der Waals surface area contributed by atoms with Crippen LogP contribution in [0.15, 0.2) is 47.8 Å². The van der Waals surface area contributed by atoms with Gasteiger partial charge in [-0.15, -0.1) is 0 Å². The molecule has 2 heterocycles. The zero-order valence-electron chi connectivity index (χ0n) is 14.9. The topological polar surface area (TPSA) is 90.1 Å². The molecule has 0 saturated carbocycles. The van der Waals surface area contributed by atoms with Gasteiger partial charge in [0, 0.05) is 31.7 Å². The van der Waals surface area contributed by atoms with Crippen LogP contribution in [0.2, 0.25) is 0 Å². The fourth-order valence-electron chi connectivity index (χ4n) is 2.52. The van der Waals surface area contributed by atoms with Gasteiger partial charge in [0.2, 0.25) is 10.0 Å². The standard InChI is InChI=1S/C17H19N5O3S/c1-12-9-13(2)22(19-12)17(23)16-10-21(11-18-16)14-5-7-15(8-6-14)26(24,25)20(3)4/h5-11H,1-4H3. The lowest BCUT2D eigenvalue weighted by atomic mass is 10.3. The maximum atomic E-state index is 12.5. The van der Waals surface area contributed by atoms with Crippen molar-refractivity contribution in [3.63, 3.8) is 0 Å². The highest BCUT2D eigenvalue weighted by molar-refractivity contribution is 7.89. The first-order chi connectivity index (χ1) is 12.2. The van der Waals surface area contributed by atoms with Crippen molar-refractivity contribution in [1.82, 2.24) is 23.6 Å². The molecule has 3 aromatic rings. The number of sulfonamides is 1. The van der Waals surface area contributed by atoms with Gasteiger partial charge in [0.05, 0.1) is 10.6 Å². The molecule has 0 saturated heterocycles. The lowest BCUT2D eigenvalue weighted by molar-refractivity contribution is 0.0938. The summed E-state index contributed by atoms with van der Waals surface area (Å²) < 4.78 is 28.4. The maximum absolute atomic E-state index is 12.5. The largest absolute Gasteiger partial charge is 0.305 e. The first-order valence-electron chi connectivity index (χ1n) is 7.85. The fourth-order valence-corrected chi connectivity index (χ4v) is 3.42. The van der Waals surface area contributed by atoms with Crippen LogP contribution in [0, 0.1) is 13.8 Å². The van der Waals surface area contributed by atoms with Gasteiger partial charge < -0.3 is 4.57 Å². The fraction of sp³-hybridized carbons (Fsp3) is 0.235. The molecular weight excluding hydrogens is 354 g/mol. The van der Waals surface area contributed by atoms with Crippen LogP contribution < -0.4 is 0 Å². The van der Waals surface area contributed by atoms with Crippen LogP contribution in [0.25, 0.3) is 5.69 Å². The van der Waals surface area contributed by atoms with Crippen molar-refractivity contribution in [2.45, 2.75) is 18.7 Å². The van der Waals surface area contributed by atoms with Crippen LogP contribution in [0.1, 0.15) is 21.9 Å². The van der Waals surface area contributed by atoms with E-state index >= 15 is 0 Å². The number of imidazole rings is 1. The van der Waals surface area contributed by atoms with Crippen LogP contribution in [0.4, 0.5) is 0 Å². The molecule has 0 aliphatic rings. The number of aromatic nitrogens is 4. The van der Waals surface area contributed by atoms with E-state index in [4.69, 9.17) is 0 Å². The second-order valence-corrected chi connectivity index (χ2v) is 8.24. The molecule has 26 heavy (non-hydrogen) atoms. The quantitative estimate of drug-likeness (QED) is 0.693. The minimum atomic E-state index is -3.48. The summed E-state index contributed by atoms with van der Waals surface area (Å²) in [7, 11) is -0.516. The highest BCUT2D eigenvalue weighted by Crippen LogP contribution is 2.17. The van der Waals surface area contributed by atoms with Crippen LogP contribution in [-0.4, -0.2) is 52.1 Å². The SMILES string of the molecule is Cc1cc(C)n(C(=O)c2cn(-c3ccc(S(=O)(=O)N(C)C)cc3)cn2)n1. The smallest absolute Gasteiger partial charge is 0.298 e. The molecule has 8 nitrogen and oxygen atoms in total. The summed E-state index contributed by atoms with van der Waals surface area (Å²) in [5.74, 6) is -0.318. The van der Waals surface area contributed by atoms with Gasteiger partial charge in [-0.2, -0.15) is 9.78 Å². The van der Waals surface area contributed by atoms with Crippen LogP contribution >= 0.6 is 0 Å². The molecule has 0 N–H and O–H groups in total. The van der Waals surface area contributed by atoms with Crippen LogP contribution in [0.5, 0.6) is 0 Å². The Morgan fingerprint density at radius 3 is 2.31 bits per heavy atom. The molecule has 0 fully saturated rings. The van der Waals surface area contributed by atoms with Crippen molar-refractivity contribution in [1.29, 1.82) is 0 Å². The van der Waals surface area contributed by atoms with Crippen molar-refractivity contribution >= 4 is 15.9 Å². The second kappa shape index (κ2) is 6.50. The molecule has 2 aromatic heterocycles. The number of carbonyl (C=O) groups is 1. The van der Waals surface area contributed by atoms with E-state index in [2.05, 4.69) is 10.1 Å². The first kappa shape index (κ1) is 18.0. The van der Waals surface area contributed by atoms with Crippen molar-refractivity contribution in [3.8, 4) is 5.69 Å². The van der Waals surface area contributed by atoms with Crippen molar-refractivity contribution in [2.24, 2.45) is 0 Å². The Bertz CT molecular complexity index is 1060. The van der Waals surface area contributed by atoms with Gasteiger partial charge in [0.25, 0.3) is 5.91 Å². The molecule has 0 atom stereocenters. The summed E-state index contributed by atoms with van der Waals surface area (Å²) in [6.07, 6.45) is 3.10. The van der Waals surface area contributed by atoms with Gasteiger partial charge in [-0.1, -0.05) is 0 Å². The summed E-state index contributed by atoms with van der Waals surface area (Å²) in [6.45, 7) is 3.62. The predicted octanol–water partition coefficient (Wildman–Crippen LogP) is 1.62. The zero-order valence-corrected chi connectivity index (χ0v) is 15.7. The second-order valence-electron chi connectivity index (χ2n) is 6.09. The number of aryl methyl sites for hydroxylation is 2. The average Bonchev–Trinajstić information content (AvgIpc) is 3.21. The number of hydrogen-bond acceptors (Lipinski definition) is 5. The Hall–Kier alpha value is -2.78. The lowest BCUT2D eigenvalue weighted by Crippen LogP contribution is -2.22. The minimum Gasteiger partial charge on any atom is -0.305 e. The van der Waals surface area contributed by atoms with Gasteiger partial charge in [0.15, 0.2) is 0 Å². The van der Waals surface area contributed by atoms with Gasteiger partial charge in [-0.3, -0.25) is 4.79 Å². The van der Waals surface area contributed by atoms with Crippen molar-refractivity contribution in [2.75, 3.05) is 14.1 Å². The molecule has 136 valence electrons. The third kappa shape index (κ3) is 3.18. The molecule has 3 rings (SSSR count). The molecule has 0 bridgehead atoms. The molecule has 0 spiro atoms. The number of nitrogens with zero attached hydrogens (tertiary/aromatic N) is 5. The Balaban J connectivity index is 1.88. The van der Waals surface area contributed by atoms with Crippen molar-refractivity contribution < 1.29 is 13.2 Å². The van der Waals surface area contributed by atoms with Gasteiger partial charge in [-0.05, 0) is 44.2 Å². The molecule has 0 unspecified atom stereocenters. The highest BCUT2D eigenvalue weighted by Gasteiger charge is 2.18. The number of hydrogen-bond donors (Lipinski definition) is 0. The Morgan fingerprint density at radius 1 is 1.12 bits per heavy atom. The monoisotopic (exact) mass is 373 g/mol. The first-order valence-corrected chi connectivity index (χ1v) is 9.29. The van der Waals surface area contributed by atoms with E-state index in [1.165, 1.54) is 37.2 Å². The number of benzene rings is 1. The van der Waals surface area contributed by atoms with Gasteiger partial charge in [0.1, 0.15) is 12.0 Å².